The number of hydrogen-bond donors (Lipinski definition) is 1. The molecule has 1 unspecified atom stereocenters. The minimum absolute atomic E-state index is 0.0282. The first-order valence-corrected chi connectivity index (χ1v) is 7.97. The molecule has 1 fully saturated rings. The van der Waals surface area contributed by atoms with Crippen LogP contribution in [0.1, 0.15) is 49.2 Å². The molecular formula is C17H22N4O. The molecule has 1 amide bonds. The maximum absolute atomic E-state index is 13.0. The Bertz CT molecular complexity index is 713. The highest BCUT2D eigenvalue weighted by Crippen LogP contribution is 2.24. The normalized spacial score (nSPS) is 18.6. The lowest BCUT2D eigenvalue weighted by Crippen LogP contribution is -2.42. The van der Waals surface area contributed by atoms with Gasteiger partial charge in [0.05, 0.1) is 5.52 Å². The predicted octanol–water partition coefficient (Wildman–Crippen LogP) is 2.79. The van der Waals surface area contributed by atoms with E-state index < -0.39 is 0 Å². The second-order valence-corrected chi connectivity index (χ2v) is 5.98. The molecule has 5 heteroatoms. The van der Waals surface area contributed by atoms with Crippen LogP contribution in [-0.4, -0.2) is 33.4 Å². The molecule has 2 heterocycles. The van der Waals surface area contributed by atoms with E-state index in [9.17, 15) is 4.79 Å². The fourth-order valence-corrected chi connectivity index (χ4v) is 3.11. The first-order valence-electron chi connectivity index (χ1n) is 7.97. The molecule has 0 bridgehead atoms. The number of hydrogen-bond acceptors (Lipinski definition) is 4. The number of piperidine rings is 1. The summed E-state index contributed by atoms with van der Waals surface area (Å²) in [5.41, 5.74) is 8.14. The SMILES string of the molecule is CCc1ccc2nc(N)nc(C(=O)N3CCCCC3C)c2c1. The Morgan fingerprint density at radius 1 is 1.36 bits per heavy atom. The van der Waals surface area contributed by atoms with E-state index in [0.29, 0.717) is 5.69 Å². The van der Waals surface area contributed by atoms with Crippen LogP contribution in [0.4, 0.5) is 5.95 Å². The molecule has 2 aromatic rings. The van der Waals surface area contributed by atoms with E-state index in [1.807, 2.05) is 23.1 Å². The van der Waals surface area contributed by atoms with Crippen molar-refractivity contribution in [2.45, 2.75) is 45.6 Å². The first-order chi connectivity index (χ1) is 10.6. The van der Waals surface area contributed by atoms with Gasteiger partial charge in [-0.2, -0.15) is 0 Å². The maximum atomic E-state index is 13.0. The van der Waals surface area contributed by atoms with Crippen molar-refractivity contribution < 1.29 is 4.79 Å². The minimum Gasteiger partial charge on any atom is -0.368 e. The van der Waals surface area contributed by atoms with Gasteiger partial charge in [0.1, 0.15) is 5.69 Å². The smallest absolute Gasteiger partial charge is 0.273 e. The zero-order valence-corrected chi connectivity index (χ0v) is 13.2. The number of carbonyl (C=O) groups excluding carboxylic acids is 1. The van der Waals surface area contributed by atoms with Gasteiger partial charge in [-0.25, -0.2) is 9.97 Å². The third kappa shape index (κ3) is 2.63. The molecule has 0 radical (unpaired) electrons. The van der Waals surface area contributed by atoms with Gasteiger partial charge in [0.2, 0.25) is 5.95 Å². The van der Waals surface area contributed by atoms with Crippen LogP contribution in [0.5, 0.6) is 0 Å². The number of fused-ring (bicyclic) bond motifs is 1. The van der Waals surface area contributed by atoms with Gasteiger partial charge in [0.15, 0.2) is 0 Å². The summed E-state index contributed by atoms with van der Waals surface area (Å²) in [6, 6.07) is 6.20. The molecule has 5 nitrogen and oxygen atoms in total. The standard InChI is InChI=1S/C17H22N4O/c1-3-12-7-8-14-13(10-12)15(20-17(18)19-14)16(22)21-9-5-4-6-11(21)2/h7-8,10-11H,3-6,9H2,1-2H3,(H2,18,19,20). The fourth-order valence-electron chi connectivity index (χ4n) is 3.11. The molecule has 0 saturated carbocycles. The van der Waals surface area contributed by atoms with Crippen LogP contribution >= 0.6 is 0 Å². The average molecular weight is 298 g/mol. The Labute approximate surface area is 130 Å². The van der Waals surface area contributed by atoms with Crippen LogP contribution in [0.15, 0.2) is 18.2 Å². The second kappa shape index (κ2) is 5.91. The number of carbonyl (C=O) groups is 1. The first kappa shape index (κ1) is 14.8. The number of anilines is 1. The van der Waals surface area contributed by atoms with Crippen LogP contribution in [0.2, 0.25) is 0 Å². The average Bonchev–Trinajstić information content (AvgIpc) is 2.53. The molecule has 0 aliphatic carbocycles. The van der Waals surface area contributed by atoms with Crippen molar-refractivity contribution in [3.05, 3.63) is 29.5 Å². The lowest BCUT2D eigenvalue weighted by molar-refractivity contribution is 0.0632. The van der Waals surface area contributed by atoms with E-state index in [0.717, 1.165) is 36.7 Å². The van der Waals surface area contributed by atoms with Gasteiger partial charge in [-0.3, -0.25) is 4.79 Å². The molecule has 1 aromatic carbocycles. The Balaban J connectivity index is 2.09. The summed E-state index contributed by atoms with van der Waals surface area (Å²) in [6.07, 6.45) is 4.19. The molecule has 3 rings (SSSR count). The Morgan fingerprint density at radius 2 is 2.18 bits per heavy atom. The van der Waals surface area contributed by atoms with Gasteiger partial charge >= 0.3 is 0 Å². The van der Waals surface area contributed by atoms with Crippen molar-refractivity contribution in [3.63, 3.8) is 0 Å². The zero-order chi connectivity index (χ0) is 15.7. The number of nitrogens with two attached hydrogens (primary N) is 1. The lowest BCUT2D eigenvalue weighted by atomic mass is 10.0. The molecule has 1 aliphatic rings. The quantitative estimate of drug-likeness (QED) is 0.925. The zero-order valence-electron chi connectivity index (χ0n) is 13.2. The molecule has 22 heavy (non-hydrogen) atoms. The summed E-state index contributed by atoms with van der Waals surface area (Å²) in [7, 11) is 0. The molecule has 1 atom stereocenters. The summed E-state index contributed by atoms with van der Waals surface area (Å²) in [6.45, 7) is 4.98. The van der Waals surface area contributed by atoms with Gasteiger partial charge in [-0.05, 0) is 50.3 Å². The molecule has 1 aromatic heterocycles. The van der Waals surface area contributed by atoms with Crippen molar-refractivity contribution in [1.82, 2.24) is 14.9 Å². The Kier molecular flexibility index (Phi) is 3.96. The number of amides is 1. The predicted molar refractivity (Wildman–Crippen MR) is 87.7 cm³/mol. The number of nitrogen functional groups attached to an aromatic ring is 1. The highest BCUT2D eigenvalue weighted by atomic mass is 16.2. The highest BCUT2D eigenvalue weighted by molar-refractivity contribution is 6.05. The third-order valence-electron chi connectivity index (χ3n) is 4.45. The number of aryl methyl sites for hydroxylation is 1. The van der Waals surface area contributed by atoms with Crippen molar-refractivity contribution in [2.75, 3.05) is 12.3 Å². The molecule has 1 aliphatic heterocycles. The maximum Gasteiger partial charge on any atom is 0.273 e. The number of aromatic nitrogens is 2. The van der Waals surface area contributed by atoms with Crippen LogP contribution < -0.4 is 5.73 Å². The largest absolute Gasteiger partial charge is 0.368 e. The van der Waals surface area contributed by atoms with Gasteiger partial charge in [-0.15, -0.1) is 0 Å². The van der Waals surface area contributed by atoms with Gasteiger partial charge < -0.3 is 10.6 Å². The van der Waals surface area contributed by atoms with Crippen molar-refractivity contribution in [3.8, 4) is 0 Å². The molecule has 0 spiro atoms. The van der Waals surface area contributed by atoms with E-state index in [1.165, 1.54) is 12.0 Å². The fraction of sp³-hybridized carbons (Fsp3) is 0.471. The second-order valence-electron chi connectivity index (χ2n) is 5.98. The molecule has 2 N–H and O–H groups in total. The van der Waals surface area contributed by atoms with Crippen molar-refractivity contribution >= 4 is 22.8 Å². The van der Waals surface area contributed by atoms with Crippen molar-refractivity contribution in [1.29, 1.82) is 0 Å². The van der Waals surface area contributed by atoms with Gasteiger partial charge in [-0.1, -0.05) is 13.0 Å². The van der Waals surface area contributed by atoms with Crippen LogP contribution in [0.25, 0.3) is 10.9 Å². The van der Waals surface area contributed by atoms with Crippen LogP contribution in [-0.2, 0) is 6.42 Å². The van der Waals surface area contributed by atoms with E-state index in [-0.39, 0.29) is 17.9 Å². The molecular weight excluding hydrogens is 276 g/mol. The summed E-state index contributed by atoms with van der Waals surface area (Å²) in [5.74, 6) is 0.129. The number of likely N-dealkylation sites (tertiary alicyclic amines) is 1. The number of benzene rings is 1. The number of rotatable bonds is 2. The highest BCUT2D eigenvalue weighted by Gasteiger charge is 2.27. The van der Waals surface area contributed by atoms with Crippen LogP contribution in [0, 0.1) is 0 Å². The summed E-state index contributed by atoms with van der Waals surface area (Å²) >= 11 is 0. The summed E-state index contributed by atoms with van der Waals surface area (Å²) in [4.78, 5) is 23.4. The van der Waals surface area contributed by atoms with Crippen molar-refractivity contribution in [2.24, 2.45) is 0 Å². The lowest BCUT2D eigenvalue weighted by Gasteiger charge is -2.33. The third-order valence-corrected chi connectivity index (χ3v) is 4.45. The topological polar surface area (TPSA) is 72.1 Å². The van der Waals surface area contributed by atoms with Gasteiger partial charge in [0, 0.05) is 18.0 Å². The molecule has 1 saturated heterocycles. The monoisotopic (exact) mass is 298 g/mol. The summed E-state index contributed by atoms with van der Waals surface area (Å²) in [5, 5.41) is 0.802. The van der Waals surface area contributed by atoms with E-state index in [4.69, 9.17) is 5.73 Å². The Morgan fingerprint density at radius 3 is 2.91 bits per heavy atom. The van der Waals surface area contributed by atoms with E-state index in [2.05, 4.69) is 23.8 Å². The van der Waals surface area contributed by atoms with E-state index in [1.54, 1.807) is 0 Å². The minimum atomic E-state index is -0.0282. The van der Waals surface area contributed by atoms with Gasteiger partial charge in [0.25, 0.3) is 5.91 Å². The molecule has 116 valence electrons. The van der Waals surface area contributed by atoms with Crippen LogP contribution in [0.3, 0.4) is 0 Å². The van der Waals surface area contributed by atoms with E-state index >= 15 is 0 Å². The number of nitrogens with zero attached hydrogens (tertiary/aromatic N) is 3. The summed E-state index contributed by atoms with van der Waals surface area (Å²) < 4.78 is 0. The Hall–Kier alpha value is -2.17.